The molecule has 5 heteroatoms. The highest BCUT2D eigenvalue weighted by molar-refractivity contribution is 7.93. The maximum Gasteiger partial charge on any atom is 0.422 e. The van der Waals surface area contributed by atoms with Crippen molar-refractivity contribution in [3.05, 3.63) is 0 Å². The smallest absolute Gasteiger partial charge is 0.422 e. The molecule has 0 aromatic rings. The zero-order valence-electron chi connectivity index (χ0n) is 9.07. The summed E-state index contributed by atoms with van der Waals surface area (Å²) in [4.78, 5) is 11.6. The molecule has 0 radical (unpaired) electrons. The molecule has 0 aliphatic carbocycles. The van der Waals surface area contributed by atoms with Crippen molar-refractivity contribution < 1.29 is 13.7 Å². The number of nitrogens with zero attached hydrogens (tertiary/aromatic N) is 1. The van der Waals surface area contributed by atoms with Crippen LogP contribution < -0.4 is 0 Å². The standard InChI is InChI=1S/C9H17NO3S/c1-5-9(3,4)13-8(11)10-7(2)6-12-14-10/h7H,5-6H2,1-4H3. The second-order valence-electron chi connectivity index (χ2n) is 4.02. The van der Waals surface area contributed by atoms with Gasteiger partial charge in [0.2, 0.25) is 0 Å². The zero-order chi connectivity index (χ0) is 10.8. The van der Waals surface area contributed by atoms with Crippen LogP contribution in [0.25, 0.3) is 0 Å². The third-order valence-corrected chi connectivity index (χ3v) is 3.15. The first-order valence-electron chi connectivity index (χ1n) is 4.78. The minimum atomic E-state index is -0.403. The van der Waals surface area contributed by atoms with Crippen LogP contribution in [0.4, 0.5) is 4.79 Å². The molecule has 1 heterocycles. The van der Waals surface area contributed by atoms with Crippen LogP contribution in [0, 0.1) is 0 Å². The lowest BCUT2D eigenvalue weighted by Gasteiger charge is -2.26. The Labute approximate surface area is 89.3 Å². The van der Waals surface area contributed by atoms with Crippen molar-refractivity contribution in [2.75, 3.05) is 6.61 Å². The van der Waals surface area contributed by atoms with Gasteiger partial charge in [0.25, 0.3) is 0 Å². The molecule has 82 valence electrons. The predicted octanol–water partition coefficient (Wildman–Crippen LogP) is 2.60. The van der Waals surface area contributed by atoms with Crippen molar-refractivity contribution in [3.8, 4) is 0 Å². The molecule has 1 saturated heterocycles. The first-order valence-corrected chi connectivity index (χ1v) is 5.48. The molecule has 1 fully saturated rings. The Balaban J connectivity index is 2.49. The molecule has 0 N–H and O–H groups in total. The fourth-order valence-corrected chi connectivity index (χ4v) is 1.57. The van der Waals surface area contributed by atoms with Crippen LogP contribution in [0.3, 0.4) is 0 Å². The molecule has 0 spiro atoms. The summed E-state index contributed by atoms with van der Waals surface area (Å²) < 4.78 is 11.9. The lowest BCUT2D eigenvalue weighted by atomic mass is 10.1. The van der Waals surface area contributed by atoms with Crippen molar-refractivity contribution in [2.45, 2.75) is 45.8 Å². The first kappa shape index (κ1) is 11.7. The number of carbonyl (C=O) groups is 1. The van der Waals surface area contributed by atoms with E-state index >= 15 is 0 Å². The van der Waals surface area contributed by atoms with Gasteiger partial charge in [0, 0.05) is 0 Å². The molecular weight excluding hydrogens is 202 g/mol. The largest absolute Gasteiger partial charge is 0.443 e. The molecule has 0 saturated carbocycles. The zero-order valence-corrected chi connectivity index (χ0v) is 9.89. The number of carbonyl (C=O) groups excluding carboxylic acids is 1. The van der Waals surface area contributed by atoms with Crippen LogP contribution in [-0.4, -0.2) is 28.6 Å². The number of ether oxygens (including phenoxy) is 1. The Kier molecular flexibility index (Phi) is 3.66. The minimum Gasteiger partial charge on any atom is -0.443 e. The average Bonchev–Trinajstić information content (AvgIpc) is 2.51. The van der Waals surface area contributed by atoms with Crippen molar-refractivity contribution in [1.29, 1.82) is 0 Å². The molecule has 14 heavy (non-hydrogen) atoms. The van der Waals surface area contributed by atoms with E-state index in [-0.39, 0.29) is 12.1 Å². The molecular formula is C9H17NO3S. The molecule has 1 rings (SSSR count). The molecule has 0 aromatic heterocycles. The van der Waals surface area contributed by atoms with Gasteiger partial charge < -0.3 is 4.74 Å². The van der Waals surface area contributed by atoms with E-state index in [2.05, 4.69) is 0 Å². The molecule has 4 nitrogen and oxygen atoms in total. The minimum absolute atomic E-state index is 0.0835. The van der Waals surface area contributed by atoms with E-state index in [1.54, 1.807) is 0 Å². The summed E-state index contributed by atoms with van der Waals surface area (Å²) in [5.41, 5.74) is -0.403. The Morgan fingerprint density at radius 3 is 2.79 bits per heavy atom. The summed E-state index contributed by atoms with van der Waals surface area (Å²) in [7, 11) is 0. The highest BCUT2D eigenvalue weighted by Gasteiger charge is 2.32. The van der Waals surface area contributed by atoms with Crippen molar-refractivity contribution in [3.63, 3.8) is 0 Å². The molecule has 1 amide bonds. The first-order chi connectivity index (χ1) is 6.46. The van der Waals surface area contributed by atoms with Gasteiger partial charge in [-0.05, 0) is 27.2 Å². The SMILES string of the molecule is CCC(C)(C)OC(=O)N1SOCC1C. The van der Waals surface area contributed by atoms with Crippen LogP contribution in [0.1, 0.15) is 34.1 Å². The molecule has 1 unspecified atom stereocenters. The second kappa shape index (κ2) is 4.40. The average molecular weight is 219 g/mol. The third kappa shape index (κ3) is 2.78. The molecule has 1 atom stereocenters. The molecule has 1 aliphatic rings. The normalized spacial score (nSPS) is 22.6. The lowest BCUT2D eigenvalue weighted by Crippen LogP contribution is -2.36. The Bertz CT molecular complexity index is 220. The number of rotatable bonds is 2. The number of hydrogen-bond acceptors (Lipinski definition) is 4. The molecule has 1 aliphatic heterocycles. The van der Waals surface area contributed by atoms with Crippen LogP contribution in [0.5, 0.6) is 0 Å². The Hall–Kier alpha value is -0.420. The van der Waals surface area contributed by atoms with Crippen LogP contribution >= 0.6 is 12.2 Å². The summed E-state index contributed by atoms with van der Waals surface area (Å²) in [6, 6.07) is 0.0835. The Morgan fingerprint density at radius 2 is 2.36 bits per heavy atom. The highest BCUT2D eigenvalue weighted by Crippen LogP contribution is 2.27. The van der Waals surface area contributed by atoms with Gasteiger partial charge in [-0.15, -0.1) is 0 Å². The van der Waals surface area contributed by atoms with Crippen LogP contribution in [0.15, 0.2) is 0 Å². The monoisotopic (exact) mass is 219 g/mol. The van der Waals surface area contributed by atoms with E-state index in [4.69, 9.17) is 8.92 Å². The summed E-state index contributed by atoms with van der Waals surface area (Å²) in [5.74, 6) is 0. The van der Waals surface area contributed by atoms with Gasteiger partial charge in [0.15, 0.2) is 0 Å². The van der Waals surface area contributed by atoms with E-state index in [1.165, 1.54) is 4.31 Å². The van der Waals surface area contributed by atoms with Crippen molar-refractivity contribution in [2.24, 2.45) is 0 Å². The Morgan fingerprint density at radius 1 is 1.71 bits per heavy atom. The lowest BCUT2D eigenvalue weighted by molar-refractivity contribution is 0.0228. The van der Waals surface area contributed by atoms with Gasteiger partial charge in [-0.25, -0.2) is 9.10 Å². The molecule has 0 aromatic carbocycles. The maximum atomic E-state index is 11.6. The van der Waals surface area contributed by atoms with Crippen LogP contribution in [0.2, 0.25) is 0 Å². The third-order valence-electron chi connectivity index (χ3n) is 2.24. The number of hydrogen-bond donors (Lipinski definition) is 0. The van der Waals surface area contributed by atoms with Crippen LogP contribution in [-0.2, 0) is 8.92 Å². The second-order valence-corrected chi connectivity index (χ2v) is 4.79. The molecule has 0 bridgehead atoms. The van der Waals surface area contributed by atoms with Gasteiger partial charge in [-0.1, -0.05) is 6.92 Å². The topological polar surface area (TPSA) is 38.8 Å². The van der Waals surface area contributed by atoms with E-state index in [0.29, 0.717) is 6.61 Å². The summed E-state index contributed by atoms with van der Waals surface area (Å²) in [5, 5.41) is 0. The van der Waals surface area contributed by atoms with Gasteiger partial charge in [-0.3, -0.25) is 4.18 Å². The van der Waals surface area contributed by atoms with E-state index in [9.17, 15) is 4.79 Å². The fourth-order valence-electron chi connectivity index (χ4n) is 0.891. The number of amides is 1. The predicted molar refractivity (Wildman–Crippen MR) is 55.7 cm³/mol. The van der Waals surface area contributed by atoms with Gasteiger partial charge in [0.1, 0.15) is 17.8 Å². The van der Waals surface area contributed by atoms with Gasteiger partial charge >= 0.3 is 6.09 Å². The van der Waals surface area contributed by atoms with E-state index in [0.717, 1.165) is 18.6 Å². The van der Waals surface area contributed by atoms with Crippen molar-refractivity contribution in [1.82, 2.24) is 4.31 Å². The van der Waals surface area contributed by atoms with Gasteiger partial charge in [-0.2, -0.15) is 0 Å². The maximum absolute atomic E-state index is 11.6. The fraction of sp³-hybridized carbons (Fsp3) is 0.889. The van der Waals surface area contributed by atoms with Gasteiger partial charge in [0.05, 0.1) is 12.6 Å². The van der Waals surface area contributed by atoms with Crippen molar-refractivity contribution >= 4 is 18.3 Å². The van der Waals surface area contributed by atoms with E-state index in [1.807, 2.05) is 27.7 Å². The summed E-state index contributed by atoms with van der Waals surface area (Å²) in [6.45, 7) is 8.28. The van der Waals surface area contributed by atoms with E-state index < -0.39 is 5.60 Å². The quantitative estimate of drug-likeness (QED) is 0.528. The highest BCUT2D eigenvalue weighted by atomic mass is 32.2. The summed E-state index contributed by atoms with van der Waals surface area (Å²) >= 11 is 1.07. The summed E-state index contributed by atoms with van der Waals surface area (Å²) in [6.07, 6.45) is 0.485.